The van der Waals surface area contributed by atoms with E-state index < -0.39 is 0 Å². The van der Waals surface area contributed by atoms with Crippen molar-refractivity contribution < 1.29 is 19.5 Å². The zero-order valence-corrected chi connectivity index (χ0v) is 7.53. The van der Waals surface area contributed by atoms with E-state index in [1.807, 2.05) is 0 Å². The van der Waals surface area contributed by atoms with E-state index in [9.17, 15) is 0 Å². The van der Waals surface area contributed by atoms with E-state index in [-0.39, 0.29) is 19.5 Å². The molecule has 7 heavy (non-hydrogen) atoms. The van der Waals surface area contributed by atoms with E-state index in [1.54, 1.807) is 0 Å². The quantitative estimate of drug-likeness (QED) is 0.377. The second kappa shape index (κ2) is 10.1. The number of hydrogen-bond acceptors (Lipinski definition) is 0. The Morgan fingerprint density at radius 3 is 2.00 bits per heavy atom. The van der Waals surface area contributed by atoms with Gasteiger partial charge in [0.05, 0.1) is 0 Å². The molecule has 1 atom stereocenters. The molecule has 47 valence electrons. The van der Waals surface area contributed by atoms with Gasteiger partial charge in [-0.1, -0.05) is 19.8 Å². The van der Waals surface area contributed by atoms with Gasteiger partial charge in [-0.3, -0.25) is 0 Å². The molecule has 0 aromatic heterocycles. The fraction of sp³-hybridized carbons (Fsp3) is 1.00. The van der Waals surface area contributed by atoms with Crippen molar-refractivity contribution in [1.29, 1.82) is 0 Å². The van der Waals surface area contributed by atoms with Crippen molar-refractivity contribution in [1.82, 2.24) is 0 Å². The molecule has 0 aliphatic rings. The van der Waals surface area contributed by atoms with Crippen molar-refractivity contribution in [2.24, 2.45) is 0 Å². The van der Waals surface area contributed by atoms with Gasteiger partial charge in [0, 0.05) is 19.5 Å². The van der Waals surface area contributed by atoms with Gasteiger partial charge in [0.2, 0.25) is 0 Å². The van der Waals surface area contributed by atoms with E-state index in [4.69, 9.17) is 0 Å². The smallest absolute Gasteiger partial charge is 0 e. The zero-order valence-electron chi connectivity index (χ0n) is 4.74. The maximum absolute atomic E-state index is 2.73. The molecule has 2 heteroatoms. The molecule has 0 aromatic carbocycles. The molecule has 0 saturated heterocycles. The second-order valence-corrected chi connectivity index (χ2v) is 2.07. The zero-order chi connectivity index (χ0) is 4.83. The average molecular weight is 207 g/mol. The summed E-state index contributed by atoms with van der Waals surface area (Å²) < 4.78 is 0. The molecule has 1 radical (unpaired) electrons. The summed E-state index contributed by atoms with van der Waals surface area (Å²) in [6.45, 7) is 2.22. The Balaban J connectivity index is 0. The largest absolute Gasteiger partial charge is 0.138 e. The molecule has 0 fully saturated rings. The Hall–Kier alpha value is 1.05. The van der Waals surface area contributed by atoms with Crippen LogP contribution in [0, 0.1) is 0 Å². The molecule has 0 aliphatic heterocycles. The Labute approximate surface area is 61.4 Å². The van der Waals surface area contributed by atoms with Crippen molar-refractivity contribution in [3.8, 4) is 0 Å². The summed E-state index contributed by atoms with van der Waals surface area (Å²) in [5.41, 5.74) is 0. The molecule has 0 N–H and O–H groups in total. The summed E-state index contributed by atoms with van der Waals surface area (Å²) in [6.07, 6.45) is 5.38. The topological polar surface area (TPSA) is 0 Å². The van der Waals surface area contributed by atoms with Gasteiger partial charge in [-0.25, -0.2) is 0 Å². The molecule has 0 spiro atoms. The first-order valence-electron chi connectivity index (χ1n) is 2.62. The minimum absolute atomic E-state index is 0. The summed E-state index contributed by atoms with van der Waals surface area (Å²) in [5, 5.41) is 0. The minimum atomic E-state index is 0. The van der Waals surface area contributed by atoms with Gasteiger partial charge in [-0.2, -0.15) is 0 Å². The summed E-state index contributed by atoms with van der Waals surface area (Å²) >= 11 is 0. The second-order valence-electron chi connectivity index (χ2n) is 1.50. The molecule has 0 aromatic rings. The molecule has 0 amide bonds. The predicted octanol–water partition coefficient (Wildman–Crippen LogP) is 2.05. The summed E-state index contributed by atoms with van der Waals surface area (Å²) in [5.74, 6) is 0. The first-order chi connectivity index (χ1) is 2.91. The van der Waals surface area contributed by atoms with Gasteiger partial charge < -0.3 is 0 Å². The molecular weight excluding hydrogens is 194 g/mol. The summed E-state index contributed by atoms with van der Waals surface area (Å²) in [4.78, 5) is 0. The van der Waals surface area contributed by atoms with E-state index >= 15 is 0 Å². The Bertz CT molecular complexity index is 20.0. The van der Waals surface area contributed by atoms with Crippen molar-refractivity contribution in [2.75, 3.05) is 6.16 Å². The maximum atomic E-state index is 2.73. The Kier molecular flexibility index (Phi) is 15.8. The predicted molar refractivity (Wildman–Crippen MR) is 34.1 cm³/mol. The van der Waals surface area contributed by atoms with Crippen LogP contribution in [0.2, 0.25) is 0 Å². The molecular formula is C5H13PRh. The van der Waals surface area contributed by atoms with Crippen LogP contribution in [0.3, 0.4) is 0 Å². The standard InChI is InChI=1S/C5H13P.Rh/c1-2-3-4-5-6;/h2-6H2,1H3;. The molecule has 0 saturated carbocycles. The van der Waals surface area contributed by atoms with Crippen LogP contribution >= 0.6 is 9.24 Å². The Morgan fingerprint density at radius 2 is 1.86 bits per heavy atom. The molecule has 0 aliphatic carbocycles. The summed E-state index contributed by atoms with van der Waals surface area (Å²) in [6, 6.07) is 0. The van der Waals surface area contributed by atoms with Crippen LogP contribution in [0.15, 0.2) is 0 Å². The normalized spacial score (nSPS) is 7.71. The van der Waals surface area contributed by atoms with Crippen LogP contribution in [0.5, 0.6) is 0 Å². The van der Waals surface area contributed by atoms with Crippen LogP contribution in [-0.2, 0) is 19.5 Å². The van der Waals surface area contributed by atoms with Crippen molar-refractivity contribution in [3.63, 3.8) is 0 Å². The van der Waals surface area contributed by atoms with E-state index in [0.717, 1.165) is 0 Å². The number of unbranched alkanes of at least 4 members (excludes halogenated alkanes) is 2. The van der Waals surface area contributed by atoms with Crippen molar-refractivity contribution >= 4 is 9.24 Å². The number of rotatable bonds is 3. The SMILES string of the molecule is CCCCCP.[Rh]. The fourth-order valence-corrected chi connectivity index (χ4v) is 0.683. The van der Waals surface area contributed by atoms with Gasteiger partial charge in [-0.05, 0) is 12.6 Å². The first kappa shape index (κ1) is 10.9. The van der Waals surface area contributed by atoms with Gasteiger partial charge in [0.15, 0.2) is 0 Å². The maximum Gasteiger partial charge on any atom is 0 e. The fourth-order valence-electron chi connectivity index (χ4n) is 0.394. The monoisotopic (exact) mass is 207 g/mol. The average Bonchev–Trinajstić information content (AvgIpc) is 1.61. The van der Waals surface area contributed by atoms with Crippen LogP contribution in [0.4, 0.5) is 0 Å². The van der Waals surface area contributed by atoms with Gasteiger partial charge in [0.1, 0.15) is 0 Å². The minimum Gasteiger partial charge on any atom is -0.138 e. The Morgan fingerprint density at radius 1 is 1.29 bits per heavy atom. The van der Waals surface area contributed by atoms with Crippen LogP contribution in [-0.4, -0.2) is 6.16 Å². The first-order valence-corrected chi connectivity index (χ1v) is 3.43. The van der Waals surface area contributed by atoms with Crippen molar-refractivity contribution in [3.05, 3.63) is 0 Å². The van der Waals surface area contributed by atoms with Crippen LogP contribution in [0.1, 0.15) is 26.2 Å². The molecule has 0 bridgehead atoms. The molecule has 1 unspecified atom stereocenters. The third kappa shape index (κ3) is 11.0. The van der Waals surface area contributed by atoms with Gasteiger partial charge in [-0.15, -0.1) is 9.24 Å². The molecule has 0 heterocycles. The van der Waals surface area contributed by atoms with Crippen LogP contribution in [0.25, 0.3) is 0 Å². The van der Waals surface area contributed by atoms with E-state index in [0.29, 0.717) is 0 Å². The van der Waals surface area contributed by atoms with Gasteiger partial charge >= 0.3 is 0 Å². The van der Waals surface area contributed by atoms with E-state index in [1.165, 1.54) is 25.4 Å². The molecule has 0 nitrogen and oxygen atoms in total. The van der Waals surface area contributed by atoms with E-state index in [2.05, 4.69) is 16.2 Å². The molecule has 0 rings (SSSR count). The third-order valence-electron chi connectivity index (χ3n) is 0.808. The van der Waals surface area contributed by atoms with Gasteiger partial charge in [0.25, 0.3) is 0 Å². The van der Waals surface area contributed by atoms with Crippen LogP contribution < -0.4 is 0 Å². The third-order valence-corrected chi connectivity index (χ3v) is 1.22. The summed E-state index contributed by atoms with van der Waals surface area (Å²) in [7, 11) is 2.73. The van der Waals surface area contributed by atoms with Crippen molar-refractivity contribution in [2.45, 2.75) is 26.2 Å². The number of hydrogen-bond donors (Lipinski definition) is 0.